The van der Waals surface area contributed by atoms with Crippen LogP contribution in [0, 0.1) is 0 Å². The molecular weight excluding hydrogens is 292 g/mol. The quantitative estimate of drug-likeness (QED) is 0.578. The first-order chi connectivity index (χ1) is 10.4. The molecule has 3 rings (SSSR count). The fourth-order valence-corrected chi connectivity index (χ4v) is 2.32. The lowest BCUT2D eigenvalue weighted by Gasteiger charge is -2.05. The standard InChI is InChI=1S/C14H8N2O6/c17-12(18)6-4-9(14(21)22)15-7-2-1-5-3-8(13(19)20)16-11(5)10(6)7/h1-4,16H,(H,17,18)(H,19,20)(H,21,22). The summed E-state index contributed by atoms with van der Waals surface area (Å²) in [5.74, 6) is -3.85. The fourth-order valence-electron chi connectivity index (χ4n) is 2.32. The number of fused-ring (bicyclic) bond motifs is 3. The molecule has 1 aromatic carbocycles. The maximum atomic E-state index is 11.4. The summed E-state index contributed by atoms with van der Waals surface area (Å²) in [6.07, 6.45) is 0. The second-order valence-corrected chi connectivity index (χ2v) is 4.58. The molecule has 2 heterocycles. The number of carboxylic acid groups (broad SMARTS) is 3. The number of benzene rings is 1. The zero-order valence-corrected chi connectivity index (χ0v) is 10.8. The van der Waals surface area contributed by atoms with Crippen LogP contribution in [0.25, 0.3) is 21.8 Å². The normalized spacial score (nSPS) is 10.9. The molecule has 0 saturated heterocycles. The van der Waals surface area contributed by atoms with Gasteiger partial charge in [0.05, 0.1) is 16.6 Å². The maximum Gasteiger partial charge on any atom is 0.354 e. The first-order valence-corrected chi connectivity index (χ1v) is 6.05. The number of aromatic nitrogens is 2. The summed E-state index contributed by atoms with van der Waals surface area (Å²) in [6.45, 7) is 0. The van der Waals surface area contributed by atoms with Gasteiger partial charge in [-0.3, -0.25) is 0 Å². The fraction of sp³-hybridized carbons (Fsp3) is 0. The highest BCUT2D eigenvalue weighted by Gasteiger charge is 2.19. The van der Waals surface area contributed by atoms with Crippen LogP contribution in [0.15, 0.2) is 24.3 Å². The molecule has 0 saturated carbocycles. The molecule has 3 aromatic rings. The predicted octanol–water partition coefficient (Wildman–Crippen LogP) is 1.81. The van der Waals surface area contributed by atoms with Crippen LogP contribution in [-0.2, 0) is 0 Å². The Morgan fingerprint density at radius 2 is 1.68 bits per heavy atom. The third-order valence-corrected chi connectivity index (χ3v) is 3.25. The second-order valence-electron chi connectivity index (χ2n) is 4.58. The van der Waals surface area contributed by atoms with Crippen LogP contribution in [0.2, 0.25) is 0 Å². The van der Waals surface area contributed by atoms with Gasteiger partial charge in [-0.05, 0) is 18.2 Å². The van der Waals surface area contributed by atoms with Gasteiger partial charge in [-0.2, -0.15) is 0 Å². The molecule has 0 amide bonds. The smallest absolute Gasteiger partial charge is 0.354 e. The van der Waals surface area contributed by atoms with Gasteiger partial charge in [-0.25, -0.2) is 19.4 Å². The first kappa shape index (κ1) is 13.6. The van der Waals surface area contributed by atoms with E-state index >= 15 is 0 Å². The van der Waals surface area contributed by atoms with Crippen LogP contribution in [0.4, 0.5) is 0 Å². The Balaban J connectivity index is 2.48. The molecule has 0 spiro atoms. The van der Waals surface area contributed by atoms with Crippen LogP contribution in [0.3, 0.4) is 0 Å². The molecule has 0 aliphatic carbocycles. The topological polar surface area (TPSA) is 141 Å². The van der Waals surface area contributed by atoms with E-state index in [1.165, 1.54) is 12.1 Å². The van der Waals surface area contributed by atoms with Gasteiger partial charge in [0.2, 0.25) is 0 Å². The van der Waals surface area contributed by atoms with E-state index in [1.54, 1.807) is 6.07 Å². The number of nitrogens with one attached hydrogen (secondary N) is 1. The second kappa shape index (κ2) is 4.55. The highest BCUT2D eigenvalue weighted by Crippen LogP contribution is 2.28. The Morgan fingerprint density at radius 1 is 0.955 bits per heavy atom. The van der Waals surface area contributed by atoms with Crippen LogP contribution in [0.5, 0.6) is 0 Å². The number of aromatic amines is 1. The van der Waals surface area contributed by atoms with Crippen LogP contribution in [-0.4, -0.2) is 43.2 Å². The van der Waals surface area contributed by atoms with Crippen molar-refractivity contribution in [2.24, 2.45) is 0 Å². The van der Waals surface area contributed by atoms with Crippen molar-refractivity contribution in [1.82, 2.24) is 9.97 Å². The molecule has 0 atom stereocenters. The van der Waals surface area contributed by atoms with Gasteiger partial charge >= 0.3 is 17.9 Å². The molecule has 0 unspecified atom stereocenters. The Morgan fingerprint density at radius 3 is 2.27 bits per heavy atom. The van der Waals surface area contributed by atoms with Gasteiger partial charge in [-0.15, -0.1) is 0 Å². The van der Waals surface area contributed by atoms with Crippen molar-refractivity contribution < 1.29 is 29.7 Å². The van der Waals surface area contributed by atoms with Crippen molar-refractivity contribution in [3.05, 3.63) is 41.2 Å². The number of carbonyl (C=O) groups is 3. The molecule has 0 aliphatic rings. The summed E-state index contributed by atoms with van der Waals surface area (Å²) in [5.41, 5.74) is -0.303. The van der Waals surface area contributed by atoms with Gasteiger partial charge in [-0.1, -0.05) is 6.07 Å². The summed E-state index contributed by atoms with van der Waals surface area (Å²) in [7, 11) is 0. The summed E-state index contributed by atoms with van der Waals surface area (Å²) in [5, 5.41) is 28.0. The highest BCUT2D eigenvalue weighted by atomic mass is 16.4. The molecule has 0 bridgehead atoms. The molecule has 22 heavy (non-hydrogen) atoms. The van der Waals surface area contributed by atoms with Gasteiger partial charge in [0.15, 0.2) is 0 Å². The van der Waals surface area contributed by atoms with E-state index in [1.807, 2.05) is 0 Å². The van der Waals surface area contributed by atoms with E-state index in [0.717, 1.165) is 6.07 Å². The summed E-state index contributed by atoms with van der Waals surface area (Å²) in [4.78, 5) is 40.0. The molecule has 8 nitrogen and oxygen atoms in total. The van der Waals surface area contributed by atoms with Gasteiger partial charge in [0, 0.05) is 10.8 Å². The number of aromatic carboxylic acids is 3. The number of nitrogens with zero attached hydrogens (tertiary/aromatic N) is 1. The number of carboxylic acids is 3. The number of hydrogen-bond donors (Lipinski definition) is 4. The van der Waals surface area contributed by atoms with Crippen molar-refractivity contribution in [1.29, 1.82) is 0 Å². The van der Waals surface area contributed by atoms with Crippen LogP contribution in [0.1, 0.15) is 31.3 Å². The number of H-pyrrole nitrogens is 1. The lowest BCUT2D eigenvalue weighted by Crippen LogP contribution is -2.06. The molecule has 0 aliphatic heterocycles. The van der Waals surface area contributed by atoms with E-state index in [4.69, 9.17) is 10.2 Å². The molecule has 0 radical (unpaired) electrons. The Kier molecular flexibility index (Phi) is 2.81. The Bertz CT molecular complexity index is 972. The van der Waals surface area contributed by atoms with E-state index in [-0.39, 0.29) is 27.7 Å². The molecule has 0 fully saturated rings. The largest absolute Gasteiger partial charge is 0.478 e. The number of hydrogen-bond acceptors (Lipinski definition) is 4. The maximum absolute atomic E-state index is 11.4. The molecular formula is C14H8N2O6. The highest BCUT2D eigenvalue weighted by molar-refractivity contribution is 6.16. The first-order valence-electron chi connectivity index (χ1n) is 6.05. The van der Waals surface area contributed by atoms with Crippen LogP contribution < -0.4 is 0 Å². The Hall–Kier alpha value is -3.42. The molecule has 8 heteroatoms. The predicted molar refractivity (Wildman–Crippen MR) is 74.5 cm³/mol. The average molecular weight is 300 g/mol. The van der Waals surface area contributed by atoms with E-state index in [9.17, 15) is 19.5 Å². The summed E-state index contributed by atoms with van der Waals surface area (Å²) < 4.78 is 0. The third-order valence-electron chi connectivity index (χ3n) is 3.25. The number of pyridine rings is 1. The summed E-state index contributed by atoms with van der Waals surface area (Å²) in [6, 6.07) is 5.32. The SMILES string of the molecule is O=C(O)c1cc(C(=O)O)c2c(ccc3cc(C(=O)O)[nH]c32)n1. The zero-order chi connectivity index (χ0) is 16.0. The van der Waals surface area contributed by atoms with Crippen molar-refractivity contribution in [3.63, 3.8) is 0 Å². The van der Waals surface area contributed by atoms with E-state index in [2.05, 4.69) is 9.97 Å². The minimum Gasteiger partial charge on any atom is -0.478 e. The van der Waals surface area contributed by atoms with Gasteiger partial charge in [0.25, 0.3) is 0 Å². The lowest BCUT2D eigenvalue weighted by atomic mass is 10.0. The zero-order valence-electron chi connectivity index (χ0n) is 10.8. The van der Waals surface area contributed by atoms with Gasteiger partial charge < -0.3 is 20.3 Å². The number of rotatable bonds is 3. The summed E-state index contributed by atoms with van der Waals surface area (Å²) >= 11 is 0. The van der Waals surface area contributed by atoms with Crippen LogP contribution >= 0.6 is 0 Å². The molecule has 110 valence electrons. The Labute approximate surface area is 121 Å². The van der Waals surface area contributed by atoms with Crippen molar-refractivity contribution >= 4 is 39.7 Å². The molecule has 4 N–H and O–H groups in total. The monoisotopic (exact) mass is 300 g/mol. The molecule has 2 aromatic heterocycles. The van der Waals surface area contributed by atoms with Crippen molar-refractivity contribution in [2.45, 2.75) is 0 Å². The van der Waals surface area contributed by atoms with E-state index in [0.29, 0.717) is 5.39 Å². The van der Waals surface area contributed by atoms with Crippen molar-refractivity contribution in [3.8, 4) is 0 Å². The third kappa shape index (κ3) is 1.94. The van der Waals surface area contributed by atoms with Crippen molar-refractivity contribution in [2.75, 3.05) is 0 Å². The average Bonchev–Trinajstić information content (AvgIpc) is 2.90. The van der Waals surface area contributed by atoms with Gasteiger partial charge in [0.1, 0.15) is 11.4 Å². The minimum atomic E-state index is -1.35. The minimum absolute atomic E-state index is 0.0962. The van der Waals surface area contributed by atoms with E-state index < -0.39 is 23.6 Å². The lowest BCUT2D eigenvalue weighted by molar-refractivity contribution is 0.0678.